The molecule has 1 saturated heterocycles. The number of nitrogens with one attached hydrogen (secondary N) is 1. The first-order chi connectivity index (χ1) is 11.2. The minimum absolute atomic E-state index is 0.165. The van der Waals surface area contributed by atoms with E-state index in [1.807, 2.05) is 36.1 Å². The molecule has 24 heavy (non-hydrogen) atoms. The third kappa shape index (κ3) is 4.63. The van der Waals surface area contributed by atoms with Gasteiger partial charge in [0.25, 0.3) is 0 Å². The van der Waals surface area contributed by atoms with Crippen molar-refractivity contribution in [2.75, 3.05) is 31.9 Å². The summed E-state index contributed by atoms with van der Waals surface area (Å²) in [4.78, 5) is 6.71. The molecule has 0 radical (unpaired) electrons. The highest BCUT2D eigenvalue weighted by atomic mass is 35.5. The van der Waals surface area contributed by atoms with Crippen molar-refractivity contribution in [2.24, 2.45) is 4.99 Å². The van der Waals surface area contributed by atoms with Crippen LogP contribution in [-0.4, -0.2) is 56.0 Å². The first-order valence-electron chi connectivity index (χ1n) is 8.25. The van der Waals surface area contributed by atoms with Gasteiger partial charge >= 0.3 is 0 Å². The Bertz CT molecular complexity index is 702. The molecule has 1 N–H and O–H groups in total. The van der Waals surface area contributed by atoms with Crippen LogP contribution in [0, 0.1) is 0 Å². The lowest BCUT2D eigenvalue weighted by Gasteiger charge is -2.39. The second kappa shape index (κ2) is 7.74. The van der Waals surface area contributed by atoms with E-state index in [4.69, 9.17) is 11.6 Å². The molecule has 1 aromatic carbocycles. The third-order valence-electron chi connectivity index (χ3n) is 4.23. The second-order valence-electron chi connectivity index (χ2n) is 6.62. The summed E-state index contributed by atoms with van der Waals surface area (Å²) in [6, 6.07) is 7.77. The van der Waals surface area contributed by atoms with Gasteiger partial charge in [0.1, 0.15) is 0 Å². The SMILES string of the molecule is CCNC(=NCCc1cccc(Cl)c1)N1CCS(=O)(=O)C(C)(C)C1. The van der Waals surface area contributed by atoms with E-state index in [2.05, 4.69) is 10.3 Å². The summed E-state index contributed by atoms with van der Waals surface area (Å²) in [5.74, 6) is 0.945. The molecule has 1 aromatic rings. The molecule has 1 fully saturated rings. The van der Waals surface area contributed by atoms with Crippen LogP contribution in [0.1, 0.15) is 26.3 Å². The maximum absolute atomic E-state index is 12.2. The average molecular weight is 372 g/mol. The van der Waals surface area contributed by atoms with Crippen molar-refractivity contribution >= 4 is 27.4 Å². The summed E-state index contributed by atoms with van der Waals surface area (Å²) in [7, 11) is -3.05. The van der Waals surface area contributed by atoms with Gasteiger partial charge < -0.3 is 10.2 Å². The Morgan fingerprint density at radius 2 is 2.17 bits per heavy atom. The van der Waals surface area contributed by atoms with Gasteiger partial charge in [-0.15, -0.1) is 0 Å². The zero-order chi connectivity index (χ0) is 17.8. The average Bonchev–Trinajstić information content (AvgIpc) is 2.49. The van der Waals surface area contributed by atoms with E-state index in [0.29, 0.717) is 19.6 Å². The number of aliphatic imine (C=N–C) groups is 1. The first kappa shape index (κ1) is 19.1. The molecule has 0 aliphatic carbocycles. The maximum atomic E-state index is 12.2. The van der Waals surface area contributed by atoms with E-state index >= 15 is 0 Å². The van der Waals surface area contributed by atoms with Gasteiger partial charge in [-0.2, -0.15) is 0 Å². The topological polar surface area (TPSA) is 61.8 Å². The van der Waals surface area contributed by atoms with E-state index < -0.39 is 14.6 Å². The molecular formula is C17H26ClN3O2S. The maximum Gasteiger partial charge on any atom is 0.194 e. The quantitative estimate of drug-likeness (QED) is 0.652. The van der Waals surface area contributed by atoms with Gasteiger partial charge in [-0.25, -0.2) is 8.42 Å². The lowest BCUT2D eigenvalue weighted by Crippen LogP contribution is -2.57. The minimum atomic E-state index is -3.05. The van der Waals surface area contributed by atoms with E-state index in [-0.39, 0.29) is 5.75 Å². The van der Waals surface area contributed by atoms with Crippen molar-refractivity contribution in [1.29, 1.82) is 0 Å². The molecule has 0 unspecified atom stereocenters. The number of sulfone groups is 1. The summed E-state index contributed by atoms with van der Waals surface area (Å²) in [5, 5.41) is 4.00. The van der Waals surface area contributed by atoms with Crippen LogP contribution in [0.15, 0.2) is 29.3 Å². The summed E-state index contributed by atoms with van der Waals surface area (Å²) < 4.78 is 23.6. The highest BCUT2D eigenvalue weighted by molar-refractivity contribution is 7.92. The van der Waals surface area contributed by atoms with Crippen molar-refractivity contribution in [3.8, 4) is 0 Å². The Labute approximate surface area is 150 Å². The summed E-state index contributed by atoms with van der Waals surface area (Å²) in [6.45, 7) is 7.89. The highest BCUT2D eigenvalue weighted by Gasteiger charge is 2.40. The molecule has 5 nitrogen and oxygen atoms in total. The number of hydrogen-bond acceptors (Lipinski definition) is 3. The van der Waals surface area contributed by atoms with Crippen molar-refractivity contribution in [3.05, 3.63) is 34.9 Å². The van der Waals surface area contributed by atoms with Crippen molar-refractivity contribution < 1.29 is 8.42 Å². The number of guanidine groups is 1. The molecule has 1 aliphatic rings. The lowest BCUT2D eigenvalue weighted by atomic mass is 10.1. The molecule has 0 bridgehead atoms. The van der Waals surface area contributed by atoms with Crippen molar-refractivity contribution in [2.45, 2.75) is 31.9 Å². The summed E-state index contributed by atoms with van der Waals surface area (Å²) >= 11 is 6.00. The Morgan fingerprint density at radius 1 is 1.42 bits per heavy atom. The Balaban J connectivity index is 2.06. The van der Waals surface area contributed by atoms with E-state index in [1.165, 1.54) is 0 Å². The molecule has 0 spiro atoms. The first-order valence-corrected chi connectivity index (χ1v) is 10.3. The van der Waals surface area contributed by atoms with Crippen LogP contribution >= 0.6 is 11.6 Å². The standard InChI is InChI=1S/C17H26ClN3O2S/c1-4-19-16(20-9-8-14-6-5-7-15(18)12-14)21-10-11-24(22,23)17(2,3)13-21/h5-7,12H,4,8-11,13H2,1-3H3,(H,19,20). The van der Waals surface area contributed by atoms with Gasteiger partial charge in [-0.05, 0) is 44.9 Å². The molecule has 0 aromatic heterocycles. The van der Waals surface area contributed by atoms with Gasteiger partial charge in [0.2, 0.25) is 0 Å². The van der Waals surface area contributed by atoms with E-state index in [0.717, 1.165) is 29.5 Å². The molecule has 7 heteroatoms. The van der Waals surface area contributed by atoms with E-state index in [1.54, 1.807) is 13.8 Å². The van der Waals surface area contributed by atoms with Gasteiger partial charge in [-0.1, -0.05) is 23.7 Å². The van der Waals surface area contributed by atoms with Crippen LogP contribution < -0.4 is 5.32 Å². The minimum Gasteiger partial charge on any atom is -0.357 e. The number of rotatable bonds is 4. The molecule has 2 rings (SSSR count). The van der Waals surface area contributed by atoms with Crippen LogP contribution in [0.4, 0.5) is 0 Å². The summed E-state index contributed by atoms with van der Waals surface area (Å²) in [5.41, 5.74) is 1.14. The molecule has 1 heterocycles. The van der Waals surface area contributed by atoms with Crippen molar-refractivity contribution in [3.63, 3.8) is 0 Å². The fourth-order valence-corrected chi connectivity index (χ4v) is 4.31. The van der Waals surface area contributed by atoms with Crippen LogP contribution in [0.5, 0.6) is 0 Å². The van der Waals surface area contributed by atoms with Crippen LogP contribution in [0.2, 0.25) is 5.02 Å². The van der Waals surface area contributed by atoms with Crippen LogP contribution in [0.25, 0.3) is 0 Å². The largest absolute Gasteiger partial charge is 0.357 e. The van der Waals surface area contributed by atoms with Gasteiger partial charge in [0.05, 0.1) is 10.5 Å². The van der Waals surface area contributed by atoms with Crippen LogP contribution in [-0.2, 0) is 16.3 Å². The Morgan fingerprint density at radius 3 is 2.79 bits per heavy atom. The smallest absolute Gasteiger partial charge is 0.194 e. The fourth-order valence-electron chi connectivity index (χ4n) is 2.73. The Kier molecular flexibility index (Phi) is 6.15. The van der Waals surface area contributed by atoms with Crippen LogP contribution in [0.3, 0.4) is 0 Å². The fraction of sp³-hybridized carbons (Fsp3) is 0.588. The molecule has 1 aliphatic heterocycles. The number of halogens is 1. The number of hydrogen-bond donors (Lipinski definition) is 1. The molecule has 0 atom stereocenters. The van der Waals surface area contributed by atoms with Gasteiger partial charge in [0, 0.05) is 31.2 Å². The predicted molar refractivity (Wildman–Crippen MR) is 101 cm³/mol. The van der Waals surface area contributed by atoms with Crippen molar-refractivity contribution in [1.82, 2.24) is 10.2 Å². The molecule has 0 saturated carbocycles. The monoisotopic (exact) mass is 371 g/mol. The summed E-state index contributed by atoms with van der Waals surface area (Å²) in [6.07, 6.45) is 0.797. The molecule has 0 amide bonds. The van der Waals surface area contributed by atoms with Gasteiger partial charge in [0.15, 0.2) is 15.8 Å². The lowest BCUT2D eigenvalue weighted by molar-refractivity contribution is 0.353. The number of nitrogens with zero attached hydrogens (tertiary/aromatic N) is 2. The number of benzene rings is 1. The highest BCUT2D eigenvalue weighted by Crippen LogP contribution is 2.23. The normalized spacial score (nSPS) is 20.0. The predicted octanol–water partition coefficient (Wildman–Crippen LogP) is 2.36. The second-order valence-corrected chi connectivity index (χ2v) is 9.80. The Hall–Kier alpha value is -1.27. The van der Waals surface area contributed by atoms with E-state index in [9.17, 15) is 8.42 Å². The van der Waals surface area contributed by atoms with Gasteiger partial charge in [-0.3, -0.25) is 4.99 Å². The molecular weight excluding hydrogens is 346 g/mol. The zero-order valence-electron chi connectivity index (χ0n) is 14.5. The zero-order valence-corrected chi connectivity index (χ0v) is 16.1. The third-order valence-corrected chi connectivity index (χ3v) is 7.00. The molecule has 134 valence electrons.